The lowest BCUT2D eigenvalue weighted by molar-refractivity contribution is -0.137. The average Bonchev–Trinajstić information content (AvgIpc) is 3.19. The van der Waals surface area contributed by atoms with Gasteiger partial charge in [-0.05, 0) is 12.1 Å². The van der Waals surface area contributed by atoms with Gasteiger partial charge >= 0.3 is 0 Å². The third-order valence-electron chi connectivity index (χ3n) is 3.43. The molecule has 1 aliphatic rings. The van der Waals surface area contributed by atoms with Gasteiger partial charge in [-0.2, -0.15) is 0 Å². The van der Waals surface area contributed by atoms with Gasteiger partial charge in [-0.1, -0.05) is 12.1 Å². The monoisotopic (exact) mass is 358 g/mol. The fraction of sp³-hybridized carbons (Fsp3) is 0.125. The standard InChI is InChI=1S/C16H14N4O4S/c21-7-6-20-13(22)9-12(15(20)24)18-11-4-2-1-3-10(11)14(23)19-16-17-5-8-25-16/h1-5,8-9,18,21H,6-7H2,(H,17,19,23). The summed E-state index contributed by atoms with van der Waals surface area (Å²) >= 11 is 1.29. The first-order valence-corrected chi connectivity index (χ1v) is 8.23. The topological polar surface area (TPSA) is 112 Å². The zero-order valence-electron chi connectivity index (χ0n) is 12.9. The Morgan fingerprint density at radius 2 is 2.08 bits per heavy atom. The molecule has 2 aromatic rings. The molecule has 0 radical (unpaired) electrons. The predicted octanol–water partition coefficient (Wildman–Crippen LogP) is 1.05. The highest BCUT2D eigenvalue weighted by Gasteiger charge is 2.31. The van der Waals surface area contributed by atoms with Crippen LogP contribution in [0, 0.1) is 0 Å². The van der Waals surface area contributed by atoms with E-state index in [2.05, 4.69) is 15.6 Å². The van der Waals surface area contributed by atoms with Gasteiger partial charge in [0, 0.05) is 17.7 Å². The van der Waals surface area contributed by atoms with Gasteiger partial charge in [0.15, 0.2) is 5.13 Å². The Morgan fingerprint density at radius 3 is 2.80 bits per heavy atom. The lowest BCUT2D eigenvalue weighted by Gasteiger charge is -2.14. The Hall–Kier alpha value is -3.04. The largest absolute Gasteiger partial charge is 0.395 e. The molecule has 2 heterocycles. The van der Waals surface area contributed by atoms with Crippen LogP contribution in [0.2, 0.25) is 0 Å². The molecule has 9 heteroatoms. The molecule has 0 saturated carbocycles. The van der Waals surface area contributed by atoms with Crippen molar-refractivity contribution in [1.29, 1.82) is 0 Å². The van der Waals surface area contributed by atoms with E-state index in [1.165, 1.54) is 11.3 Å². The number of β-amino-alcohol motifs (C(OH)–C–C–N with tert-alkyl or cyclic N) is 1. The third-order valence-corrected chi connectivity index (χ3v) is 4.12. The van der Waals surface area contributed by atoms with E-state index in [0.29, 0.717) is 16.4 Å². The van der Waals surface area contributed by atoms with Crippen LogP contribution in [0.1, 0.15) is 10.4 Å². The number of carbonyl (C=O) groups is 3. The molecule has 0 fully saturated rings. The fourth-order valence-corrected chi connectivity index (χ4v) is 2.82. The molecule has 1 aromatic carbocycles. The van der Waals surface area contributed by atoms with Crippen LogP contribution in [0.25, 0.3) is 0 Å². The molecule has 25 heavy (non-hydrogen) atoms. The van der Waals surface area contributed by atoms with Gasteiger partial charge in [-0.15, -0.1) is 11.3 Å². The van der Waals surface area contributed by atoms with Gasteiger partial charge < -0.3 is 10.4 Å². The Morgan fingerprint density at radius 1 is 1.28 bits per heavy atom. The number of hydrogen-bond donors (Lipinski definition) is 3. The van der Waals surface area contributed by atoms with Gasteiger partial charge in [0.05, 0.1) is 24.4 Å². The van der Waals surface area contributed by atoms with Crippen molar-refractivity contribution in [2.45, 2.75) is 0 Å². The molecule has 0 aliphatic carbocycles. The Kier molecular flexibility index (Phi) is 4.87. The number of nitrogens with zero attached hydrogens (tertiary/aromatic N) is 2. The van der Waals surface area contributed by atoms with Gasteiger partial charge in [0.2, 0.25) is 0 Å². The predicted molar refractivity (Wildman–Crippen MR) is 92.0 cm³/mol. The van der Waals surface area contributed by atoms with E-state index in [0.717, 1.165) is 11.0 Å². The number of rotatable bonds is 6. The first-order valence-electron chi connectivity index (χ1n) is 7.35. The number of aliphatic hydroxyl groups is 1. The number of aliphatic hydroxyl groups excluding tert-OH is 1. The molecule has 0 saturated heterocycles. The van der Waals surface area contributed by atoms with Gasteiger partial charge in [0.25, 0.3) is 17.7 Å². The van der Waals surface area contributed by atoms with Crippen molar-refractivity contribution < 1.29 is 19.5 Å². The van der Waals surface area contributed by atoms with Gasteiger partial charge in [-0.3, -0.25) is 24.6 Å². The van der Waals surface area contributed by atoms with E-state index >= 15 is 0 Å². The Balaban J connectivity index is 1.80. The lowest BCUT2D eigenvalue weighted by atomic mass is 10.1. The smallest absolute Gasteiger partial charge is 0.277 e. The van der Waals surface area contributed by atoms with Crippen LogP contribution in [0.5, 0.6) is 0 Å². The van der Waals surface area contributed by atoms with Crippen LogP contribution >= 0.6 is 11.3 Å². The number of thiazole rings is 1. The zero-order chi connectivity index (χ0) is 17.8. The van der Waals surface area contributed by atoms with Crippen molar-refractivity contribution in [3.8, 4) is 0 Å². The number of amides is 3. The maximum Gasteiger partial charge on any atom is 0.277 e. The van der Waals surface area contributed by atoms with Crippen molar-refractivity contribution in [3.05, 3.63) is 53.2 Å². The van der Waals surface area contributed by atoms with Gasteiger partial charge in [-0.25, -0.2) is 4.98 Å². The SMILES string of the molecule is O=C(Nc1nccs1)c1ccccc1NC1=CC(=O)N(CCO)C1=O. The molecule has 3 amide bonds. The van der Waals surface area contributed by atoms with Crippen molar-refractivity contribution in [2.24, 2.45) is 0 Å². The first-order chi connectivity index (χ1) is 12.1. The summed E-state index contributed by atoms with van der Waals surface area (Å²) in [5.41, 5.74) is 0.738. The highest BCUT2D eigenvalue weighted by atomic mass is 32.1. The summed E-state index contributed by atoms with van der Waals surface area (Å²) in [6.45, 7) is -0.392. The maximum absolute atomic E-state index is 12.4. The van der Waals surface area contributed by atoms with Crippen LogP contribution in [0.4, 0.5) is 10.8 Å². The summed E-state index contributed by atoms with van der Waals surface area (Å²) in [6.07, 6.45) is 2.72. The number of imide groups is 1. The number of para-hydroxylation sites is 1. The first kappa shape index (κ1) is 16.8. The lowest BCUT2D eigenvalue weighted by Crippen LogP contribution is -2.34. The molecule has 0 bridgehead atoms. The number of nitrogens with one attached hydrogen (secondary N) is 2. The second kappa shape index (κ2) is 7.24. The Labute approximate surface area is 146 Å². The minimum atomic E-state index is -0.547. The van der Waals surface area contributed by atoms with Crippen LogP contribution < -0.4 is 10.6 Å². The molecule has 3 rings (SSSR count). The quantitative estimate of drug-likeness (QED) is 0.666. The van der Waals surface area contributed by atoms with Crippen molar-refractivity contribution in [3.63, 3.8) is 0 Å². The molecular weight excluding hydrogens is 344 g/mol. The molecule has 0 unspecified atom stereocenters. The molecule has 1 aliphatic heterocycles. The maximum atomic E-state index is 12.4. The number of benzene rings is 1. The van der Waals surface area contributed by atoms with E-state index < -0.39 is 11.8 Å². The molecule has 3 N–H and O–H groups in total. The minimum Gasteiger partial charge on any atom is -0.395 e. The number of anilines is 2. The molecule has 0 atom stereocenters. The van der Waals surface area contributed by atoms with Crippen molar-refractivity contribution >= 4 is 39.9 Å². The summed E-state index contributed by atoms with van der Waals surface area (Å²) in [6, 6.07) is 6.62. The number of carbonyl (C=O) groups excluding carboxylic acids is 3. The highest BCUT2D eigenvalue weighted by Crippen LogP contribution is 2.22. The van der Waals surface area contributed by atoms with Gasteiger partial charge in [0.1, 0.15) is 5.70 Å². The van der Waals surface area contributed by atoms with Crippen LogP contribution in [0.3, 0.4) is 0 Å². The molecule has 1 aromatic heterocycles. The van der Waals surface area contributed by atoms with E-state index in [1.54, 1.807) is 35.8 Å². The summed E-state index contributed by atoms with van der Waals surface area (Å²) < 4.78 is 0. The molecule has 0 spiro atoms. The van der Waals surface area contributed by atoms with Crippen LogP contribution in [-0.2, 0) is 9.59 Å². The minimum absolute atomic E-state index is 0.0490. The van der Waals surface area contributed by atoms with E-state index in [1.807, 2.05) is 0 Å². The second-order valence-corrected chi connectivity index (χ2v) is 5.93. The highest BCUT2D eigenvalue weighted by molar-refractivity contribution is 7.13. The molecular formula is C16H14N4O4S. The molecule has 8 nitrogen and oxygen atoms in total. The Bertz CT molecular complexity index is 848. The average molecular weight is 358 g/mol. The zero-order valence-corrected chi connectivity index (χ0v) is 13.7. The van der Waals surface area contributed by atoms with Crippen molar-refractivity contribution in [2.75, 3.05) is 23.8 Å². The molecule has 128 valence electrons. The van der Waals surface area contributed by atoms with E-state index in [9.17, 15) is 14.4 Å². The third kappa shape index (κ3) is 3.57. The summed E-state index contributed by atoms with van der Waals surface area (Å²) in [7, 11) is 0. The fourth-order valence-electron chi connectivity index (χ4n) is 2.29. The normalized spacial score (nSPS) is 13.8. The van der Waals surface area contributed by atoms with E-state index in [-0.39, 0.29) is 24.8 Å². The second-order valence-electron chi connectivity index (χ2n) is 5.04. The van der Waals surface area contributed by atoms with Crippen molar-refractivity contribution in [1.82, 2.24) is 9.88 Å². The van der Waals surface area contributed by atoms with Crippen LogP contribution in [-0.4, -0.2) is 45.9 Å². The summed E-state index contributed by atoms with van der Waals surface area (Å²) in [5, 5.41) is 16.6. The summed E-state index contributed by atoms with van der Waals surface area (Å²) in [4.78, 5) is 41.3. The number of aromatic nitrogens is 1. The summed E-state index contributed by atoms with van der Waals surface area (Å²) in [5.74, 6) is -1.44. The van der Waals surface area contributed by atoms with E-state index in [4.69, 9.17) is 5.11 Å². The van der Waals surface area contributed by atoms with Crippen LogP contribution in [0.15, 0.2) is 47.6 Å². The number of hydrogen-bond acceptors (Lipinski definition) is 7.